The minimum absolute atomic E-state index is 0.201. The molecule has 0 unspecified atom stereocenters. The second-order valence-corrected chi connectivity index (χ2v) is 4.81. The molecule has 0 amide bonds. The maximum absolute atomic E-state index is 5.66. The molecule has 4 nitrogen and oxygen atoms in total. The Labute approximate surface area is 118 Å². The van der Waals surface area contributed by atoms with Gasteiger partial charge in [-0.25, -0.2) is 0 Å². The van der Waals surface area contributed by atoms with E-state index < -0.39 is 0 Å². The van der Waals surface area contributed by atoms with Crippen LogP contribution in [0.2, 0.25) is 0 Å². The fraction of sp³-hybridized carbons (Fsp3) is 0.333. The molecule has 0 N–H and O–H groups in total. The van der Waals surface area contributed by atoms with Gasteiger partial charge in [-0.05, 0) is 24.6 Å². The summed E-state index contributed by atoms with van der Waals surface area (Å²) in [4.78, 5) is 0. The summed E-state index contributed by atoms with van der Waals surface area (Å²) in [5.41, 5.74) is 0.765. The first-order chi connectivity index (χ1) is 8.74. The molecule has 0 spiro atoms. The minimum Gasteiger partial charge on any atom is -0.493 e. The van der Waals surface area contributed by atoms with Crippen molar-refractivity contribution in [1.82, 2.24) is 10.2 Å². The molecule has 0 aliphatic carbocycles. The van der Waals surface area contributed by atoms with Crippen LogP contribution in [-0.4, -0.2) is 16.8 Å². The molecular formula is C12H12BrClN2O2. The largest absolute Gasteiger partial charge is 0.493 e. The third-order valence-electron chi connectivity index (χ3n) is 2.21. The summed E-state index contributed by atoms with van der Waals surface area (Å²) in [6, 6.07) is 5.67. The molecule has 0 aliphatic heterocycles. The third-order valence-corrected chi connectivity index (χ3v) is 2.94. The SMILES string of the molecule is CCCOc1ccc(Br)cc1-c1nnc(CCl)o1. The van der Waals surface area contributed by atoms with Gasteiger partial charge in [-0.2, -0.15) is 0 Å². The van der Waals surface area contributed by atoms with E-state index in [0.29, 0.717) is 18.4 Å². The summed E-state index contributed by atoms with van der Waals surface area (Å²) in [6.45, 7) is 2.70. The molecule has 1 aromatic carbocycles. The summed E-state index contributed by atoms with van der Waals surface area (Å²) in [5, 5.41) is 7.81. The molecule has 0 saturated heterocycles. The average molecular weight is 332 g/mol. The molecular weight excluding hydrogens is 320 g/mol. The van der Waals surface area contributed by atoms with Crippen molar-refractivity contribution in [3.63, 3.8) is 0 Å². The Kier molecular flexibility index (Phi) is 4.60. The number of nitrogens with zero attached hydrogens (tertiary/aromatic N) is 2. The first kappa shape index (κ1) is 13.4. The monoisotopic (exact) mass is 330 g/mol. The highest BCUT2D eigenvalue weighted by molar-refractivity contribution is 9.10. The van der Waals surface area contributed by atoms with Crippen molar-refractivity contribution < 1.29 is 9.15 Å². The lowest BCUT2D eigenvalue weighted by Gasteiger charge is -2.08. The number of benzene rings is 1. The highest BCUT2D eigenvalue weighted by Crippen LogP contribution is 2.32. The second kappa shape index (κ2) is 6.20. The third kappa shape index (κ3) is 3.03. The van der Waals surface area contributed by atoms with Crippen molar-refractivity contribution in [3.05, 3.63) is 28.6 Å². The van der Waals surface area contributed by atoms with Gasteiger partial charge in [0, 0.05) is 4.47 Å². The number of hydrogen-bond acceptors (Lipinski definition) is 4. The zero-order valence-corrected chi connectivity index (χ0v) is 12.2. The normalized spacial score (nSPS) is 10.6. The van der Waals surface area contributed by atoms with Gasteiger partial charge in [0.25, 0.3) is 5.89 Å². The summed E-state index contributed by atoms with van der Waals surface area (Å²) in [6.07, 6.45) is 0.937. The standard InChI is InChI=1S/C12H12BrClN2O2/c1-2-5-17-10-4-3-8(13)6-9(10)12-16-15-11(7-14)18-12/h3-4,6H,2,5,7H2,1H3. The lowest BCUT2D eigenvalue weighted by atomic mass is 10.2. The second-order valence-electron chi connectivity index (χ2n) is 3.62. The van der Waals surface area contributed by atoms with Gasteiger partial charge in [0.05, 0.1) is 12.2 Å². The van der Waals surface area contributed by atoms with E-state index in [0.717, 1.165) is 22.2 Å². The Morgan fingerprint density at radius 3 is 2.89 bits per heavy atom. The topological polar surface area (TPSA) is 48.2 Å². The fourth-order valence-corrected chi connectivity index (χ4v) is 1.89. The van der Waals surface area contributed by atoms with Crippen LogP contribution < -0.4 is 4.74 Å². The highest BCUT2D eigenvalue weighted by Gasteiger charge is 2.14. The van der Waals surface area contributed by atoms with E-state index in [-0.39, 0.29) is 5.88 Å². The van der Waals surface area contributed by atoms with E-state index >= 15 is 0 Å². The van der Waals surface area contributed by atoms with Crippen molar-refractivity contribution >= 4 is 27.5 Å². The van der Waals surface area contributed by atoms with Crippen LogP contribution in [0.15, 0.2) is 27.1 Å². The summed E-state index contributed by atoms with van der Waals surface area (Å²) in [7, 11) is 0. The average Bonchev–Trinajstić information content (AvgIpc) is 2.86. The van der Waals surface area contributed by atoms with E-state index in [1.807, 2.05) is 18.2 Å². The Morgan fingerprint density at radius 1 is 1.39 bits per heavy atom. The van der Waals surface area contributed by atoms with Crippen molar-refractivity contribution in [2.75, 3.05) is 6.61 Å². The van der Waals surface area contributed by atoms with Crippen LogP contribution in [0.3, 0.4) is 0 Å². The molecule has 0 atom stereocenters. The summed E-state index contributed by atoms with van der Waals surface area (Å²) in [5.74, 6) is 1.74. The number of hydrogen-bond donors (Lipinski definition) is 0. The van der Waals surface area contributed by atoms with E-state index in [2.05, 4.69) is 33.1 Å². The molecule has 1 heterocycles. The van der Waals surface area contributed by atoms with E-state index in [1.165, 1.54) is 0 Å². The summed E-state index contributed by atoms with van der Waals surface area (Å²) >= 11 is 9.06. The molecule has 0 fully saturated rings. The predicted octanol–water partition coefficient (Wildman–Crippen LogP) is 4.03. The van der Waals surface area contributed by atoms with Crippen LogP contribution in [0.5, 0.6) is 5.75 Å². The number of ether oxygens (including phenoxy) is 1. The molecule has 0 aliphatic rings. The zero-order chi connectivity index (χ0) is 13.0. The maximum Gasteiger partial charge on any atom is 0.251 e. The zero-order valence-electron chi connectivity index (χ0n) is 9.82. The van der Waals surface area contributed by atoms with E-state index in [4.69, 9.17) is 20.8 Å². The van der Waals surface area contributed by atoms with Gasteiger partial charge in [-0.1, -0.05) is 22.9 Å². The molecule has 2 aromatic rings. The van der Waals surface area contributed by atoms with Crippen molar-refractivity contribution in [2.45, 2.75) is 19.2 Å². The number of halogens is 2. The molecule has 1 aromatic heterocycles. The highest BCUT2D eigenvalue weighted by atomic mass is 79.9. The Morgan fingerprint density at radius 2 is 2.22 bits per heavy atom. The van der Waals surface area contributed by atoms with Crippen LogP contribution in [0.1, 0.15) is 19.2 Å². The van der Waals surface area contributed by atoms with Crippen LogP contribution in [0.4, 0.5) is 0 Å². The van der Waals surface area contributed by atoms with Gasteiger partial charge in [-0.15, -0.1) is 21.8 Å². The summed E-state index contributed by atoms with van der Waals surface area (Å²) < 4.78 is 12.0. The van der Waals surface area contributed by atoms with Crippen LogP contribution >= 0.6 is 27.5 Å². The van der Waals surface area contributed by atoms with Crippen molar-refractivity contribution in [3.8, 4) is 17.2 Å². The van der Waals surface area contributed by atoms with Gasteiger partial charge in [0.15, 0.2) is 0 Å². The minimum atomic E-state index is 0.201. The Balaban J connectivity index is 2.37. The molecule has 2 rings (SSSR count). The van der Waals surface area contributed by atoms with Crippen molar-refractivity contribution in [2.24, 2.45) is 0 Å². The Hall–Kier alpha value is -1.07. The first-order valence-electron chi connectivity index (χ1n) is 5.55. The van der Waals surface area contributed by atoms with E-state index in [9.17, 15) is 0 Å². The fourth-order valence-electron chi connectivity index (χ4n) is 1.42. The van der Waals surface area contributed by atoms with Gasteiger partial charge < -0.3 is 9.15 Å². The van der Waals surface area contributed by atoms with Crippen LogP contribution in [-0.2, 0) is 5.88 Å². The molecule has 0 bridgehead atoms. The van der Waals surface area contributed by atoms with E-state index in [1.54, 1.807) is 0 Å². The number of aromatic nitrogens is 2. The number of alkyl halides is 1. The molecule has 0 radical (unpaired) electrons. The maximum atomic E-state index is 5.66. The molecule has 6 heteroatoms. The van der Waals surface area contributed by atoms with Gasteiger partial charge in [0.1, 0.15) is 11.6 Å². The predicted molar refractivity (Wildman–Crippen MR) is 72.8 cm³/mol. The van der Waals surface area contributed by atoms with Gasteiger partial charge in [0.2, 0.25) is 5.89 Å². The van der Waals surface area contributed by atoms with Gasteiger partial charge in [-0.3, -0.25) is 0 Å². The smallest absolute Gasteiger partial charge is 0.251 e. The van der Waals surface area contributed by atoms with Crippen LogP contribution in [0.25, 0.3) is 11.5 Å². The lowest BCUT2D eigenvalue weighted by molar-refractivity contribution is 0.317. The quantitative estimate of drug-likeness (QED) is 0.776. The lowest BCUT2D eigenvalue weighted by Crippen LogP contribution is -1.97. The van der Waals surface area contributed by atoms with Crippen molar-refractivity contribution in [1.29, 1.82) is 0 Å². The van der Waals surface area contributed by atoms with Gasteiger partial charge >= 0.3 is 0 Å². The molecule has 0 saturated carbocycles. The molecule has 18 heavy (non-hydrogen) atoms. The Bertz CT molecular complexity index is 531. The first-order valence-corrected chi connectivity index (χ1v) is 6.88. The van der Waals surface area contributed by atoms with Crippen LogP contribution in [0, 0.1) is 0 Å². The molecule has 96 valence electrons. The number of rotatable bonds is 5.